The summed E-state index contributed by atoms with van der Waals surface area (Å²) in [5.41, 5.74) is 0.914. The number of nitrogens with one attached hydrogen (secondary N) is 2. The quantitative estimate of drug-likeness (QED) is 0.677. The molecule has 1 aromatic carbocycles. The van der Waals surface area contributed by atoms with Crippen LogP contribution in [-0.2, 0) is 9.53 Å². The van der Waals surface area contributed by atoms with Gasteiger partial charge in [-0.3, -0.25) is 9.59 Å². The van der Waals surface area contributed by atoms with E-state index in [1.165, 1.54) is 0 Å². The Morgan fingerprint density at radius 3 is 2.49 bits per heavy atom. The van der Waals surface area contributed by atoms with Gasteiger partial charge in [-0.15, -0.1) is 0 Å². The third kappa shape index (κ3) is 6.66. The molecule has 3 rings (SSSR count). The molecule has 2 N–H and O–H groups in total. The predicted octanol–water partition coefficient (Wildman–Crippen LogP) is 3.35. The van der Waals surface area contributed by atoms with Crippen molar-refractivity contribution in [2.75, 3.05) is 39.2 Å². The fourth-order valence-electron chi connectivity index (χ4n) is 4.48. The molecular weight excluding hydrogens is 448 g/mol. The lowest BCUT2D eigenvalue weighted by molar-refractivity contribution is -0.142. The second-order valence-electron chi connectivity index (χ2n) is 10.2. The summed E-state index contributed by atoms with van der Waals surface area (Å²) >= 11 is 0. The summed E-state index contributed by atoms with van der Waals surface area (Å²) in [6.45, 7) is 8.93. The van der Waals surface area contributed by atoms with Crippen LogP contribution in [0, 0.1) is 11.8 Å². The molecule has 1 saturated carbocycles. The Morgan fingerprint density at radius 1 is 1.17 bits per heavy atom. The fourth-order valence-corrected chi connectivity index (χ4v) is 4.48. The van der Waals surface area contributed by atoms with Crippen molar-refractivity contribution < 1.29 is 23.9 Å². The van der Waals surface area contributed by atoms with Crippen molar-refractivity contribution in [3.8, 4) is 5.75 Å². The van der Waals surface area contributed by atoms with Gasteiger partial charge in [-0.25, -0.2) is 4.79 Å². The van der Waals surface area contributed by atoms with Crippen LogP contribution in [0.15, 0.2) is 18.2 Å². The standard InChI is InChI=1S/C26H40N4O5/c1-16(2)27-26(33)28-20-10-11-21-22(12-20)35-15-18(4)30(24(31)19-8-7-9-19)13-17(3)23(34-6)14-29(5)25(21)32/h10-12,16-19,23H,7-9,13-15H2,1-6H3,(H2,27,28,33)/t17-,18-,23-/m1/s1. The van der Waals surface area contributed by atoms with E-state index in [1.807, 2.05) is 25.7 Å². The normalized spacial score (nSPS) is 24.0. The van der Waals surface area contributed by atoms with Crippen LogP contribution in [-0.4, -0.2) is 79.7 Å². The van der Waals surface area contributed by atoms with Gasteiger partial charge in [0.25, 0.3) is 5.91 Å². The molecule has 0 bridgehead atoms. The van der Waals surface area contributed by atoms with E-state index in [4.69, 9.17) is 9.47 Å². The SMILES string of the molecule is CO[C@@H]1CN(C)C(=O)c2ccc(NC(=O)NC(C)C)cc2OC[C@@H](C)N(C(=O)C2CCC2)C[C@H]1C. The zero-order valence-corrected chi connectivity index (χ0v) is 21.8. The summed E-state index contributed by atoms with van der Waals surface area (Å²) in [6, 6.07) is 4.47. The number of carbonyl (C=O) groups is 3. The molecule has 35 heavy (non-hydrogen) atoms. The number of methoxy groups -OCH3 is 1. The molecule has 0 radical (unpaired) electrons. The van der Waals surface area contributed by atoms with Crippen LogP contribution in [0.2, 0.25) is 0 Å². The summed E-state index contributed by atoms with van der Waals surface area (Å²) in [6.07, 6.45) is 2.72. The molecule has 9 nitrogen and oxygen atoms in total. The van der Waals surface area contributed by atoms with Crippen molar-refractivity contribution >= 4 is 23.5 Å². The number of amides is 4. The number of rotatable bonds is 4. The zero-order valence-electron chi connectivity index (χ0n) is 21.8. The van der Waals surface area contributed by atoms with Crippen molar-refractivity contribution in [1.82, 2.24) is 15.1 Å². The monoisotopic (exact) mass is 488 g/mol. The van der Waals surface area contributed by atoms with Crippen LogP contribution in [0.4, 0.5) is 10.5 Å². The summed E-state index contributed by atoms with van der Waals surface area (Å²) in [5, 5.41) is 5.57. The van der Waals surface area contributed by atoms with Gasteiger partial charge in [0.2, 0.25) is 5.91 Å². The van der Waals surface area contributed by atoms with Crippen molar-refractivity contribution in [2.45, 2.75) is 65.1 Å². The van der Waals surface area contributed by atoms with Gasteiger partial charge in [0.1, 0.15) is 12.4 Å². The Kier molecular flexibility index (Phi) is 8.99. The fraction of sp³-hybridized carbons (Fsp3) is 0.654. The van der Waals surface area contributed by atoms with Gasteiger partial charge in [0, 0.05) is 56.9 Å². The summed E-state index contributed by atoms with van der Waals surface area (Å²) in [7, 11) is 3.38. The van der Waals surface area contributed by atoms with Crippen LogP contribution in [0.25, 0.3) is 0 Å². The zero-order chi connectivity index (χ0) is 25.7. The topological polar surface area (TPSA) is 100 Å². The molecule has 1 aliphatic heterocycles. The van der Waals surface area contributed by atoms with Crippen molar-refractivity contribution in [3.63, 3.8) is 0 Å². The third-order valence-corrected chi connectivity index (χ3v) is 6.86. The minimum absolute atomic E-state index is 0.0121. The smallest absolute Gasteiger partial charge is 0.319 e. The van der Waals surface area contributed by atoms with Gasteiger partial charge in [-0.05, 0) is 45.7 Å². The molecule has 0 unspecified atom stereocenters. The molecule has 4 amide bonds. The van der Waals surface area contributed by atoms with E-state index in [2.05, 4.69) is 17.6 Å². The van der Waals surface area contributed by atoms with Crippen LogP contribution >= 0.6 is 0 Å². The highest BCUT2D eigenvalue weighted by atomic mass is 16.5. The number of benzene rings is 1. The lowest BCUT2D eigenvalue weighted by atomic mass is 9.83. The number of hydrogen-bond donors (Lipinski definition) is 2. The van der Waals surface area contributed by atoms with E-state index in [1.54, 1.807) is 37.3 Å². The van der Waals surface area contributed by atoms with E-state index in [-0.39, 0.29) is 54.5 Å². The molecule has 1 aliphatic carbocycles. The Hall–Kier alpha value is -2.81. The van der Waals surface area contributed by atoms with E-state index in [9.17, 15) is 14.4 Å². The van der Waals surface area contributed by atoms with Gasteiger partial charge < -0.3 is 29.9 Å². The molecule has 1 aromatic rings. The first-order valence-corrected chi connectivity index (χ1v) is 12.5. The Labute approximate surface area is 208 Å². The number of hydrogen-bond acceptors (Lipinski definition) is 5. The lowest BCUT2D eigenvalue weighted by Crippen LogP contribution is -2.51. The number of anilines is 1. The number of urea groups is 1. The number of ether oxygens (including phenoxy) is 2. The molecule has 1 heterocycles. The molecule has 2 aliphatic rings. The van der Waals surface area contributed by atoms with Crippen molar-refractivity contribution in [1.29, 1.82) is 0 Å². The summed E-state index contributed by atoms with van der Waals surface area (Å²) in [4.78, 5) is 42.3. The van der Waals surface area contributed by atoms with Gasteiger partial charge >= 0.3 is 6.03 Å². The Balaban J connectivity index is 1.91. The highest BCUT2D eigenvalue weighted by Crippen LogP contribution is 2.31. The van der Waals surface area contributed by atoms with E-state index in [0.717, 1.165) is 19.3 Å². The average molecular weight is 489 g/mol. The Bertz CT molecular complexity index is 917. The predicted molar refractivity (Wildman–Crippen MR) is 135 cm³/mol. The van der Waals surface area contributed by atoms with Crippen molar-refractivity contribution in [3.05, 3.63) is 23.8 Å². The molecule has 9 heteroatoms. The second-order valence-corrected chi connectivity index (χ2v) is 10.2. The maximum absolute atomic E-state index is 13.3. The highest BCUT2D eigenvalue weighted by Gasteiger charge is 2.35. The number of carbonyl (C=O) groups excluding carboxylic acids is 3. The molecule has 0 saturated heterocycles. The number of fused-ring (bicyclic) bond motifs is 1. The molecule has 194 valence electrons. The maximum Gasteiger partial charge on any atom is 0.319 e. The lowest BCUT2D eigenvalue weighted by Gasteiger charge is -2.39. The minimum atomic E-state index is -0.334. The second kappa shape index (κ2) is 11.7. The number of nitrogens with zero attached hydrogens (tertiary/aromatic N) is 2. The molecular formula is C26H40N4O5. The van der Waals surface area contributed by atoms with Crippen molar-refractivity contribution in [2.24, 2.45) is 11.8 Å². The minimum Gasteiger partial charge on any atom is -0.491 e. The molecule has 1 fully saturated rings. The van der Waals surface area contributed by atoms with E-state index < -0.39 is 0 Å². The Morgan fingerprint density at radius 2 is 1.89 bits per heavy atom. The van der Waals surface area contributed by atoms with E-state index in [0.29, 0.717) is 30.1 Å². The molecule has 3 atom stereocenters. The van der Waals surface area contributed by atoms with Gasteiger partial charge in [0.05, 0.1) is 17.7 Å². The number of likely N-dealkylation sites (N-methyl/N-ethyl adjacent to an activating group) is 1. The van der Waals surface area contributed by atoms with Crippen LogP contribution in [0.3, 0.4) is 0 Å². The first-order valence-electron chi connectivity index (χ1n) is 12.5. The van der Waals surface area contributed by atoms with Gasteiger partial charge in [0.15, 0.2) is 0 Å². The van der Waals surface area contributed by atoms with E-state index >= 15 is 0 Å². The molecule has 0 spiro atoms. The van der Waals surface area contributed by atoms with Gasteiger partial charge in [-0.1, -0.05) is 13.3 Å². The van der Waals surface area contributed by atoms with Gasteiger partial charge in [-0.2, -0.15) is 0 Å². The molecule has 0 aromatic heterocycles. The first kappa shape index (κ1) is 26.8. The van der Waals surface area contributed by atoms with Crippen LogP contribution < -0.4 is 15.4 Å². The summed E-state index contributed by atoms with van der Waals surface area (Å²) < 4.78 is 11.9. The average Bonchev–Trinajstić information content (AvgIpc) is 2.76. The third-order valence-electron chi connectivity index (χ3n) is 6.86. The largest absolute Gasteiger partial charge is 0.491 e. The maximum atomic E-state index is 13.3. The highest BCUT2D eigenvalue weighted by molar-refractivity contribution is 5.98. The first-order chi connectivity index (χ1) is 16.6. The van der Waals surface area contributed by atoms with Crippen LogP contribution in [0.5, 0.6) is 5.75 Å². The van der Waals surface area contributed by atoms with Crippen LogP contribution in [0.1, 0.15) is 57.3 Å². The summed E-state index contributed by atoms with van der Waals surface area (Å²) in [5.74, 6) is 0.450.